The third-order valence-electron chi connectivity index (χ3n) is 5.00. The fourth-order valence-electron chi connectivity index (χ4n) is 2.18. The molecule has 0 bridgehead atoms. The first-order valence-corrected chi connectivity index (χ1v) is 11.9. The van der Waals surface area contributed by atoms with Gasteiger partial charge in [-0.2, -0.15) is 13.2 Å². The second-order valence-corrected chi connectivity index (χ2v) is 13.1. The number of nitrogens with one attached hydrogen (secondary N) is 1. The van der Waals surface area contributed by atoms with E-state index in [2.05, 4.69) is 39.2 Å². The van der Waals surface area contributed by atoms with Crippen molar-refractivity contribution in [2.24, 2.45) is 5.73 Å². The first kappa shape index (κ1) is 24.2. The SMILES string of the molecule is CC(C)(C)[Si](C)(C)OCC[C@H](NC(=O)Cc1ccc(C(F)(F)F)cc1)C(N)=O. The molecule has 0 heterocycles. The highest BCUT2D eigenvalue weighted by Gasteiger charge is 2.37. The molecule has 5 nitrogen and oxygen atoms in total. The zero-order valence-electron chi connectivity index (χ0n) is 16.9. The molecule has 0 spiro atoms. The van der Waals surface area contributed by atoms with Crippen LogP contribution in [0.25, 0.3) is 0 Å². The summed E-state index contributed by atoms with van der Waals surface area (Å²) in [4.78, 5) is 23.8. The number of rotatable bonds is 8. The minimum Gasteiger partial charge on any atom is -0.417 e. The molecule has 0 fully saturated rings. The number of carbonyl (C=O) groups is 2. The van der Waals surface area contributed by atoms with Crippen molar-refractivity contribution in [3.05, 3.63) is 35.4 Å². The van der Waals surface area contributed by atoms with Gasteiger partial charge >= 0.3 is 6.18 Å². The Morgan fingerprint density at radius 1 is 1.14 bits per heavy atom. The molecule has 0 saturated carbocycles. The van der Waals surface area contributed by atoms with Crippen LogP contribution in [0.1, 0.15) is 38.3 Å². The summed E-state index contributed by atoms with van der Waals surface area (Å²) < 4.78 is 43.7. The zero-order valence-corrected chi connectivity index (χ0v) is 17.9. The average molecular weight is 419 g/mol. The molecule has 0 unspecified atom stereocenters. The van der Waals surface area contributed by atoms with Crippen LogP contribution in [0.4, 0.5) is 13.2 Å². The summed E-state index contributed by atoms with van der Waals surface area (Å²) in [7, 11) is -1.99. The molecule has 28 heavy (non-hydrogen) atoms. The highest BCUT2D eigenvalue weighted by molar-refractivity contribution is 6.74. The monoisotopic (exact) mass is 418 g/mol. The van der Waals surface area contributed by atoms with Gasteiger partial charge in [-0.05, 0) is 42.2 Å². The Morgan fingerprint density at radius 2 is 1.68 bits per heavy atom. The van der Waals surface area contributed by atoms with Crippen LogP contribution in [0, 0.1) is 0 Å². The van der Waals surface area contributed by atoms with E-state index in [1.807, 2.05) is 0 Å². The Labute approximate surface area is 165 Å². The van der Waals surface area contributed by atoms with Crippen LogP contribution < -0.4 is 11.1 Å². The van der Waals surface area contributed by atoms with Gasteiger partial charge in [0.1, 0.15) is 6.04 Å². The number of benzene rings is 1. The van der Waals surface area contributed by atoms with Gasteiger partial charge in [0.05, 0.1) is 12.0 Å². The molecule has 1 rings (SSSR count). The van der Waals surface area contributed by atoms with Gasteiger partial charge in [-0.1, -0.05) is 32.9 Å². The Hall–Kier alpha value is -1.87. The lowest BCUT2D eigenvalue weighted by atomic mass is 10.1. The molecule has 158 valence electrons. The van der Waals surface area contributed by atoms with Crippen molar-refractivity contribution < 1.29 is 27.2 Å². The summed E-state index contributed by atoms with van der Waals surface area (Å²) in [5, 5.41) is 2.55. The second kappa shape index (κ2) is 9.08. The van der Waals surface area contributed by atoms with Crippen LogP contribution in [-0.4, -0.2) is 32.8 Å². The zero-order chi connectivity index (χ0) is 21.8. The van der Waals surface area contributed by atoms with Crippen molar-refractivity contribution in [2.75, 3.05) is 6.61 Å². The van der Waals surface area contributed by atoms with Crippen LogP contribution in [0.3, 0.4) is 0 Å². The quantitative estimate of drug-likeness (QED) is 0.633. The van der Waals surface area contributed by atoms with E-state index in [-0.39, 0.29) is 24.5 Å². The Bertz CT molecular complexity index is 683. The maximum Gasteiger partial charge on any atom is 0.416 e. The first-order valence-electron chi connectivity index (χ1n) is 9.02. The summed E-state index contributed by atoms with van der Waals surface area (Å²) >= 11 is 0. The van der Waals surface area contributed by atoms with Crippen molar-refractivity contribution in [3.8, 4) is 0 Å². The molecule has 3 N–H and O–H groups in total. The van der Waals surface area contributed by atoms with E-state index < -0.39 is 37.9 Å². The molecule has 2 amide bonds. The van der Waals surface area contributed by atoms with Crippen LogP contribution >= 0.6 is 0 Å². The predicted molar refractivity (Wildman–Crippen MR) is 104 cm³/mol. The molecule has 9 heteroatoms. The molecule has 1 aromatic carbocycles. The second-order valence-electron chi connectivity index (χ2n) is 8.29. The van der Waals surface area contributed by atoms with Gasteiger partial charge in [-0.3, -0.25) is 9.59 Å². The molecule has 0 aliphatic carbocycles. The minimum atomic E-state index is -4.43. The fourth-order valence-corrected chi connectivity index (χ4v) is 3.24. The number of hydrogen-bond acceptors (Lipinski definition) is 3. The topological polar surface area (TPSA) is 81.4 Å². The van der Waals surface area contributed by atoms with E-state index in [0.717, 1.165) is 12.1 Å². The summed E-state index contributed by atoms with van der Waals surface area (Å²) in [5.74, 6) is -1.17. The molecule has 0 saturated heterocycles. The van der Waals surface area contributed by atoms with Gasteiger partial charge in [0, 0.05) is 6.61 Å². The van der Waals surface area contributed by atoms with Crippen molar-refractivity contribution in [1.29, 1.82) is 0 Å². The van der Waals surface area contributed by atoms with Gasteiger partial charge < -0.3 is 15.5 Å². The van der Waals surface area contributed by atoms with Crippen LogP contribution in [0.5, 0.6) is 0 Å². The van der Waals surface area contributed by atoms with Crippen molar-refractivity contribution in [3.63, 3.8) is 0 Å². The summed E-state index contributed by atoms with van der Waals surface area (Å²) in [6, 6.07) is 3.42. The molecule has 0 aliphatic heterocycles. The van der Waals surface area contributed by atoms with Crippen molar-refractivity contribution in [2.45, 2.75) is 64.0 Å². The highest BCUT2D eigenvalue weighted by atomic mass is 28.4. The van der Waals surface area contributed by atoms with Crippen molar-refractivity contribution >= 4 is 20.1 Å². The van der Waals surface area contributed by atoms with Gasteiger partial charge in [-0.15, -0.1) is 0 Å². The summed E-state index contributed by atoms with van der Waals surface area (Å²) in [5.41, 5.74) is 4.98. The first-order chi connectivity index (χ1) is 12.6. The molecule has 1 atom stereocenters. The Morgan fingerprint density at radius 3 is 2.11 bits per heavy atom. The lowest BCUT2D eigenvalue weighted by Crippen LogP contribution is -2.47. The number of nitrogens with two attached hydrogens (primary N) is 1. The number of alkyl halides is 3. The van der Waals surface area contributed by atoms with Crippen LogP contribution in [0.2, 0.25) is 18.1 Å². The average Bonchev–Trinajstić information content (AvgIpc) is 2.52. The third-order valence-corrected chi connectivity index (χ3v) is 9.54. The Kier molecular flexibility index (Phi) is 7.84. The third kappa shape index (κ3) is 7.27. The van der Waals surface area contributed by atoms with E-state index in [9.17, 15) is 22.8 Å². The lowest BCUT2D eigenvalue weighted by molar-refractivity contribution is -0.137. The lowest BCUT2D eigenvalue weighted by Gasteiger charge is -2.36. The summed E-state index contributed by atoms with van der Waals surface area (Å²) in [6.07, 6.45) is -4.34. The Balaban J connectivity index is 2.62. The van der Waals surface area contributed by atoms with Gasteiger partial charge in [-0.25, -0.2) is 0 Å². The van der Waals surface area contributed by atoms with E-state index >= 15 is 0 Å². The van der Waals surface area contributed by atoms with E-state index in [1.54, 1.807) is 0 Å². The van der Waals surface area contributed by atoms with Crippen molar-refractivity contribution in [1.82, 2.24) is 5.32 Å². The predicted octanol–water partition coefficient (Wildman–Crippen LogP) is 3.63. The molecule has 0 radical (unpaired) electrons. The molecular weight excluding hydrogens is 389 g/mol. The number of halogens is 3. The van der Waals surface area contributed by atoms with E-state index in [0.29, 0.717) is 5.56 Å². The smallest absolute Gasteiger partial charge is 0.416 e. The number of carbonyl (C=O) groups excluding carboxylic acids is 2. The largest absolute Gasteiger partial charge is 0.417 e. The normalized spacial score (nSPS) is 13.9. The highest BCUT2D eigenvalue weighted by Crippen LogP contribution is 2.36. The number of hydrogen-bond donors (Lipinski definition) is 2. The molecule has 1 aromatic rings. The van der Waals surface area contributed by atoms with Crippen LogP contribution in [0.15, 0.2) is 24.3 Å². The van der Waals surface area contributed by atoms with Gasteiger partial charge in [0.15, 0.2) is 8.32 Å². The number of amides is 2. The maximum absolute atomic E-state index is 12.6. The van der Waals surface area contributed by atoms with E-state index in [1.165, 1.54) is 12.1 Å². The molecule has 0 aromatic heterocycles. The number of primary amides is 1. The van der Waals surface area contributed by atoms with E-state index in [4.69, 9.17) is 10.2 Å². The van der Waals surface area contributed by atoms with Gasteiger partial charge in [0.25, 0.3) is 0 Å². The minimum absolute atomic E-state index is 0.0149. The maximum atomic E-state index is 12.6. The van der Waals surface area contributed by atoms with Gasteiger partial charge in [0.2, 0.25) is 11.8 Å². The molecule has 0 aliphatic rings. The molecular formula is C19H29F3N2O3Si. The van der Waals surface area contributed by atoms with Crippen LogP contribution in [-0.2, 0) is 26.6 Å². The summed E-state index contributed by atoms with van der Waals surface area (Å²) in [6.45, 7) is 10.7. The standard InChI is InChI=1S/C19H29F3N2O3Si/c1-18(2,3)28(4,5)27-11-10-15(17(23)26)24-16(25)12-13-6-8-14(9-7-13)19(20,21)22/h6-9,15H,10-12H2,1-5H3,(H2,23,26)(H,24,25)/t15-/m0/s1. The fraction of sp³-hybridized carbons (Fsp3) is 0.579.